The second kappa shape index (κ2) is 7.95. The van der Waals surface area contributed by atoms with Crippen molar-refractivity contribution in [1.82, 2.24) is 0 Å². The molecule has 1 amide bonds. The number of hydrogen-bond donors (Lipinski definition) is 1. The summed E-state index contributed by atoms with van der Waals surface area (Å²) in [4.78, 5) is 24.0. The molecule has 5 nitrogen and oxygen atoms in total. The third kappa shape index (κ3) is 4.05. The van der Waals surface area contributed by atoms with E-state index in [4.69, 9.17) is 10.00 Å². The van der Waals surface area contributed by atoms with Crippen LogP contribution < -0.4 is 5.32 Å². The zero-order valence-corrected chi connectivity index (χ0v) is 13.9. The molecule has 0 heterocycles. The van der Waals surface area contributed by atoms with Gasteiger partial charge in [-0.25, -0.2) is 0 Å². The Morgan fingerprint density at radius 3 is 2.54 bits per heavy atom. The third-order valence-electron chi connectivity index (χ3n) is 3.90. The van der Waals surface area contributed by atoms with Gasteiger partial charge in [0.05, 0.1) is 17.7 Å². The van der Waals surface area contributed by atoms with E-state index < -0.39 is 18.5 Å². The van der Waals surface area contributed by atoms with Crippen LogP contribution in [0.2, 0.25) is 0 Å². The summed E-state index contributed by atoms with van der Waals surface area (Å²) in [6.45, 7) is -0.399. The quantitative estimate of drug-likeness (QED) is 0.719. The molecule has 0 unspecified atom stereocenters. The summed E-state index contributed by atoms with van der Waals surface area (Å²) in [7, 11) is 0. The van der Waals surface area contributed by atoms with Crippen LogP contribution >= 0.6 is 0 Å². The number of hydrogen-bond acceptors (Lipinski definition) is 4. The lowest BCUT2D eigenvalue weighted by molar-refractivity contribution is -0.146. The van der Waals surface area contributed by atoms with Gasteiger partial charge in [-0.15, -0.1) is 0 Å². The Hall–Kier alpha value is -3.65. The predicted octanol–water partition coefficient (Wildman–Crippen LogP) is 3.44. The summed E-state index contributed by atoms with van der Waals surface area (Å²) in [5, 5.41) is 13.6. The maximum absolute atomic E-state index is 12.1. The molecule has 0 aliphatic rings. The molecule has 0 saturated carbocycles. The van der Waals surface area contributed by atoms with Crippen LogP contribution in [-0.2, 0) is 20.7 Å². The molecule has 26 heavy (non-hydrogen) atoms. The summed E-state index contributed by atoms with van der Waals surface area (Å²) >= 11 is 0. The Labute approximate surface area is 150 Å². The minimum absolute atomic E-state index is 0.0867. The number of anilines is 1. The number of ether oxygens (including phenoxy) is 1. The van der Waals surface area contributed by atoms with Crippen LogP contribution in [0.15, 0.2) is 66.7 Å². The number of para-hydroxylation sites is 1. The normalized spacial score (nSPS) is 10.1. The Morgan fingerprint density at radius 2 is 1.69 bits per heavy atom. The minimum atomic E-state index is -0.487. The lowest BCUT2D eigenvalue weighted by atomic mass is 10.0. The average molecular weight is 344 g/mol. The van der Waals surface area contributed by atoms with E-state index in [0.29, 0.717) is 11.3 Å². The third-order valence-corrected chi connectivity index (χ3v) is 3.90. The Bertz CT molecular complexity index is 1000. The average Bonchev–Trinajstić information content (AvgIpc) is 2.67. The van der Waals surface area contributed by atoms with Crippen molar-refractivity contribution in [1.29, 1.82) is 5.26 Å². The molecule has 0 radical (unpaired) electrons. The molecular formula is C21H16N2O3. The summed E-state index contributed by atoms with van der Waals surface area (Å²) in [6, 6.07) is 22.1. The first-order valence-electron chi connectivity index (χ1n) is 8.08. The van der Waals surface area contributed by atoms with Gasteiger partial charge in [0.25, 0.3) is 5.91 Å². The first kappa shape index (κ1) is 17.2. The number of esters is 1. The molecule has 0 aromatic heterocycles. The fourth-order valence-electron chi connectivity index (χ4n) is 2.68. The molecule has 0 aliphatic carbocycles. The van der Waals surface area contributed by atoms with Gasteiger partial charge in [-0.1, -0.05) is 54.6 Å². The van der Waals surface area contributed by atoms with Gasteiger partial charge in [-0.3, -0.25) is 9.59 Å². The van der Waals surface area contributed by atoms with Gasteiger partial charge < -0.3 is 10.1 Å². The number of nitriles is 1. The van der Waals surface area contributed by atoms with E-state index in [1.165, 1.54) is 0 Å². The molecule has 3 aromatic carbocycles. The van der Waals surface area contributed by atoms with Crippen molar-refractivity contribution in [3.63, 3.8) is 0 Å². The highest BCUT2D eigenvalue weighted by molar-refractivity contribution is 5.94. The van der Waals surface area contributed by atoms with Crippen molar-refractivity contribution in [2.24, 2.45) is 0 Å². The van der Waals surface area contributed by atoms with Crippen LogP contribution in [0.4, 0.5) is 5.69 Å². The number of benzene rings is 3. The monoisotopic (exact) mass is 344 g/mol. The fourth-order valence-corrected chi connectivity index (χ4v) is 2.68. The summed E-state index contributed by atoms with van der Waals surface area (Å²) in [5.41, 5.74) is 1.59. The molecular weight excluding hydrogens is 328 g/mol. The Morgan fingerprint density at radius 1 is 0.962 bits per heavy atom. The van der Waals surface area contributed by atoms with E-state index in [1.54, 1.807) is 24.3 Å². The number of amides is 1. The van der Waals surface area contributed by atoms with Crippen molar-refractivity contribution in [3.05, 3.63) is 77.9 Å². The zero-order chi connectivity index (χ0) is 18.4. The Balaban J connectivity index is 1.59. The summed E-state index contributed by atoms with van der Waals surface area (Å²) in [6.07, 6.45) is 0.0867. The van der Waals surface area contributed by atoms with Gasteiger partial charge in [-0.2, -0.15) is 5.26 Å². The molecule has 1 N–H and O–H groups in total. The van der Waals surface area contributed by atoms with Crippen LogP contribution in [0.5, 0.6) is 0 Å². The predicted molar refractivity (Wildman–Crippen MR) is 98.4 cm³/mol. The van der Waals surface area contributed by atoms with Crippen LogP contribution in [0.25, 0.3) is 10.8 Å². The van der Waals surface area contributed by atoms with Gasteiger partial charge in [0.1, 0.15) is 6.07 Å². The molecule has 5 heteroatoms. The number of fused-ring (bicyclic) bond motifs is 1. The minimum Gasteiger partial charge on any atom is -0.455 e. The van der Waals surface area contributed by atoms with Gasteiger partial charge in [0.2, 0.25) is 0 Å². The van der Waals surface area contributed by atoms with Crippen LogP contribution in [0.1, 0.15) is 11.1 Å². The summed E-state index contributed by atoms with van der Waals surface area (Å²) < 4.78 is 5.07. The number of carbonyl (C=O) groups is 2. The number of rotatable bonds is 5. The topological polar surface area (TPSA) is 79.2 Å². The molecule has 0 aliphatic heterocycles. The van der Waals surface area contributed by atoms with Crippen LogP contribution in [0, 0.1) is 11.3 Å². The molecule has 128 valence electrons. The number of nitrogens with zero attached hydrogens (tertiary/aromatic N) is 1. The van der Waals surface area contributed by atoms with E-state index in [2.05, 4.69) is 5.32 Å². The zero-order valence-electron chi connectivity index (χ0n) is 13.9. The lowest BCUT2D eigenvalue weighted by Crippen LogP contribution is -2.22. The lowest BCUT2D eigenvalue weighted by Gasteiger charge is -2.09. The molecule has 0 fully saturated rings. The van der Waals surface area contributed by atoms with Crippen LogP contribution in [0.3, 0.4) is 0 Å². The number of carbonyl (C=O) groups excluding carboxylic acids is 2. The first-order valence-corrected chi connectivity index (χ1v) is 8.08. The highest BCUT2D eigenvalue weighted by Gasteiger charge is 2.12. The van der Waals surface area contributed by atoms with Crippen molar-refractivity contribution in [2.45, 2.75) is 6.42 Å². The molecule has 0 saturated heterocycles. The second-order valence-electron chi connectivity index (χ2n) is 5.68. The smallest absolute Gasteiger partial charge is 0.310 e. The largest absolute Gasteiger partial charge is 0.455 e. The molecule has 3 aromatic rings. The molecule has 0 spiro atoms. The SMILES string of the molecule is N#Cc1ccccc1NC(=O)COC(=O)Cc1cccc2ccccc12. The number of nitrogens with one attached hydrogen (secondary N) is 1. The van der Waals surface area contributed by atoms with E-state index in [9.17, 15) is 9.59 Å². The first-order chi connectivity index (χ1) is 12.7. The maximum Gasteiger partial charge on any atom is 0.310 e. The van der Waals surface area contributed by atoms with E-state index in [0.717, 1.165) is 16.3 Å². The van der Waals surface area contributed by atoms with Gasteiger partial charge >= 0.3 is 5.97 Å². The van der Waals surface area contributed by atoms with Crippen molar-refractivity contribution in [3.8, 4) is 6.07 Å². The fraction of sp³-hybridized carbons (Fsp3) is 0.0952. The van der Waals surface area contributed by atoms with E-state index in [-0.39, 0.29) is 6.42 Å². The van der Waals surface area contributed by atoms with Crippen molar-refractivity contribution >= 4 is 28.3 Å². The second-order valence-corrected chi connectivity index (χ2v) is 5.68. The van der Waals surface area contributed by atoms with Gasteiger partial charge in [0, 0.05) is 0 Å². The Kier molecular flexibility index (Phi) is 5.25. The van der Waals surface area contributed by atoms with Crippen molar-refractivity contribution < 1.29 is 14.3 Å². The highest BCUT2D eigenvalue weighted by Crippen LogP contribution is 2.19. The van der Waals surface area contributed by atoms with E-state index >= 15 is 0 Å². The van der Waals surface area contributed by atoms with Gasteiger partial charge in [-0.05, 0) is 28.5 Å². The molecule has 0 atom stereocenters. The summed E-state index contributed by atoms with van der Waals surface area (Å²) in [5.74, 6) is -0.968. The van der Waals surface area contributed by atoms with Gasteiger partial charge in [0.15, 0.2) is 6.61 Å². The maximum atomic E-state index is 12.1. The molecule has 0 bridgehead atoms. The highest BCUT2D eigenvalue weighted by atomic mass is 16.5. The van der Waals surface area contributed by atoms with Crippen LogP contribution in [-0.4, -0.2) is 18.5 Å². The standard InChI is InChI=1S/C21H16N2O3/c22-13-17-7-2-4-11-19(17)23-20(24)14-26-21(25)12-16-9-5-8-15-6-1-3-10-18(15)16/h1-11H,12,14H2,(H,23,24). The molecule has 3 rings (SSSR count). The van der Waals surface area contributed by atoms with E-state index in [1.807, 2.05) is 48.5 Å². The van der Waals surface area contributed by atoms with Crippen molar-refractivity contribution in [2.75, 3.05) is 11.9 Å².